The van der Waals surface area contributed by atoms with Crippen LogP contribution in [0.2, 0.25) is 0 Å². The molecule has 1 unspecified atom stereocenters. The normalized spacial score (nSPS) is 21.0. The summed E-state index contributed by atoms with van der Waals surface area (Å²) >= 11 is 0. The van der Waals surface area contributed by atoms with Crippen LogP contribution in [0, 0.1) is 5.92 Å². The Balaban J connectivity index is 0.00000225. The first kappa shape index (κ1) is 16.1. The highest BCUT2D eigenvalue weighted by Gasteiger charge is 2.21. The topological polar surface area (TPSA) is 47.7 Å². The average Bonchev–Trinajstić information content (AvgIpc) is 2.69. The van der Waals surface area contributed by atoms with Crippen molar-refractivity contribution in [2.24, 2.45) is 11.7 Å². The van der Waals surface area contributed by atoms with E-state index in [1.165, 1.54) is 13.0 Å². The molecule has 0 aromatic heterocycles. The number of hydrogen-bond acceptors (Lipinski definition) is 4. The van der Waals surface area contributed by atoms with Crippen LogP contribution in [0.15, 0.2) is 0 Å². The van der Waals surface area contributed by atoms with E-state index in [0.717, 1.165) is 38.8 Å². The zero-order chi connectivity index (χ0) is 10.9. The van der Waals surface area contributed by atoms with Gasteiger partial charge in [0.25, 0.3) is 0 Å². The Hall–Kier alpha value is 0.130. The maximum atomic E-state index is 5.43. The molecule has 0 aliphatic carbocycles. The van der Waals surface area contributed by atoms with Crippen molar-refractivity contribution < 1.29 is 9.47 Å². The zero-order valence-corrected chi connectivity index (χ0v) is 11.0. The van der Waals surface area contributed by atoms with Gasteiger partial charge in [0.05, 0.1) is 19.8 Å². The van der Waals surface area contributed by atoms with Crippen LogP contribution >= 0.6 is 12.4 Å². The molecule has 5 heteroatoms. The van der Waals surface area contributed by atoms with E-state index >= 15 is 0 Å². The smallest absolute Gasteiger partial charge is 0.0594 e. The summed E-state index contributed by atoms with van der Waals surface area (Å²) in [7, 11) is 0. The molecule has 0 saturated carbocycles. The highest BCUT2D eigenvalue weighted by molar-refractivity contribution is 5.85. The van der Waals surface area contributed by atoms with E-state index in [0.29, 0.717) is 13.2 Å². The number of nitrogens with zero attached hydrogens (tertiary/aromatic N) is 1. The summed E-state index contributed by atoms with van der Waals surface area (Å²) in [4.78, 5) is 2.44. The molecule has 2 N–H and O–H groups in total. The predicted octanol–water partition coefficient (Wildman–Crippen LogP) is 0.742. The van der Waals surface area contributed by atoms with Gasteiger partial charge in [-0.25, -0.2) is 0 Å². The second-order valence-corrected chi connectivity index (χ2v) is 4.02. The quantitative estimate of drug-likeness (QED) is 0.648. The largest absolute Gasteiger partial charge is 0.381 e. The van der Waals surface area contributed by atoms with Crippen molar-refractivity contribution in [2.75, 3.05) is 52.6 Å². The first-order valence-electron chi connectivity index (χ1n) is 5.94. The molecule has 1 rings (SSSR count). The SMILES string of the molecule is CCOCC1CCN(CCOCCN)C1.Cl. The average molecular weight is 253 g/mol. The summed E-state index contributed by atoms with van der Waals surface area (Å²) in [6.07, 6.45) is 1.26. The third kappa shape index (κ3) is 6.66. The second kappa shape index (κ2) is 10.3. The van der Waals surface area contributed by atoms with Gasteiger partial charge in [-0.05, 0) is 25.8 Å². The van der Waals surface area contributed by atoms with Gasteiger partial charge in [0.2, 0.25) is 0 Å². The van der Waals surface area contributed by atoms with Gasteiger partial charge in [-0.1, -0.05) is 0 Å². The molecular weight excluding hydrogens is 228 g/mol. The first-order valence-corrected chi connectivity index (χ1v) is 5.94. The van der Waals surface area contributed by atoms with Crippen molar-refractivity contribution in [1.29, 1.82) is 0 Å². The molecule has 1 aliphatic heterocycles. The van der Waals surface area contributed by atoms with E-state index in [4.69, 9.17) is 15.2 Å². The number of nitrogens with two attached hydrogens (primary N) is 1. The maximum Gasteiger partial charge on any atom is 0.0594 e. The molecule has 98 valence electrons. The lowest BCUT2D eigenvalue weighted by Crippen LogP contribution is -2.26. The molecule has 0 bridgehead atoms. The molecule has 1 aliphatic rings. The molecule has 0 spiro atoms. The minimum atomic E-state index is 0. The Labute approximate surface area is 105 Å². The Bertz CT molecular complexity index is 161. The molecule has 1 atom stereocenters. The molecule has 4 nitrogen and oxygen atoms in total. The maximum absolute atomic E-state index is 5.43. The first-order chi connectivity index (χ1) is 7.36. The number of ether oxygens (including phenoxy) is 2. The fraction of sp³-hybridized carbons (Fsp3) is 1.00. The van der Waals surface area contributed by atoms with Crippen LogP contribution in [0.1, 0.15) is 13.3 Å². The van der Waals surface area contributed by atoms with Crippen molar-refractivity contribution in [3.8, 4) is 0 Å². The summed E-state index contributed by atoms with van der Waals surface area (Å²) in [6.45, 7) is 9.26. The molecule has 16 heavy (non-hydrogen) atoms. The van der Waals surface area contributed by atoms with Crippen molar-refractivity contribution >= 4 is 12.4 Å². The molecular formula is C11H25ClN2O2. The monoisotopic (exact) mass is 252 g/mol. The van der Waals surface area contributed by atoms with Gasteiger partial charge in [0, 0.05) is 26.2 Å². The molecule has 0 radical (unpaired) electrons. The number of halogens is 1. The fourth-order valence-electron chi connectivity index (χ4n) is 1.92. The predicted molar refractivity (Wildman–Crippen MR) is 68.2 cm³/mol. The molecule has 1 saturated heterocycles. The third-order valence-electron chi connectivity index (χ3n) is 2.74. The van der Waals surface area contributed by atoms with Crippen molar-refractivity contribution in [3.05, 3.63) is 0 Å². The van der Waals surface area contributed by atoms with Crippen molar-refractivity contribution in [1.82, 2.24) is 4.90 Å². The van der Waals surface area contributed by atoms with Crippen molar-refractivity contribution in [3.63, 3.8) is 0 Å². The molecule has 0 amide bonds. The fourth-order valence-corrected chi connectivity index (χ4v) is 1.92. The lowest BCUT2D eigenvalue weighted by atomic mass is 10.1. The van der Waals surface area contributed by atoms with Crippen LogP contribution in [-0.2, 0) is 9.47 Å². The van der Waals surface area contributed by atoms with Crippen LogP contribution in [0.5, 0.6) is 0 Å². The lowest BCUT2D eigenvalue weighted by Gasteiger charge is -2.15. The highest BCUT2D eigenvalue weighted by Crippen LogP contribution is 2.15. The summed E-state index contributed by atoms with van der Waals surface area (Å²) in [5, 5.41) is 0. The molecule has 1 heterocycles. The number of hydrogen-bond donors (Lipinski definition) is 1. The van der Waals surface area contributed by atoms with Crippen molar-refractivity contribution in [2.45, 2.75) is 13.3 Å². The van der Waals surface area contributed by atoms with E-state index in [2.05, 4.69) is 4.90 Å². The molecule has 1 fully saturated rings. The number of likely N-dealkylation sites (tertiary alicyclic amines) is 1. The Morgan fingerprint density at radius 1 is 1.31 bits per heavy atom. The van der Waals surface area contributed by atoms with E-state index < -0.39 is 0 Å². The molecule has 0 aromatic rings. The lowest BCUT2D eigenvalue weighted by molar-refractivity contribution is 0.100. The summed E-state index contributed by atoms with van der Waals surface area (Å²) in [6, 6.07) is 0. The van der Waals surface area contributed by atoms with Crippen LogP contribution in [0.25, 0.3) is 0 Å². The summed E-state index contributed by atoms with van der Waals surface area (Å²) < 4.78 is 10.8. The van der Waals surface area contributed by atoms with Gasteiger partial charge in [-0.15, -0.1) is 12.4 Å². The van der Waals surface area contributed by atoms with Crippen LogP contribution in [0.3, 0.4) is 0 Å². The van der Waals surface area contributed by atoms with Gasteiger partial charge in [0.15, 0.2) is 0 Å². The van der Waals surface area contributed by atoms with Gasteiger partial charge in [-0.3, -0.25) is 0 Å². The van der Waals surface area contributed by atoms with Gasteiger partial charge >= 0.3 is 0 Å². The zero-order valence-electron chi connectivity index (χ0n) is 10.2. The van der Waals surface area contributed by atoms with E-state index in [1.807, 2.05) is 6.92 Å². The Kier molecular flexibility index (Phi) is 10.4. The Morgan fingerprint density at radius 2 is 2.12 bits per heavy atom. The minimum Gasteiger partial charge on any atom is -0.381 e. The van der Waals surface area contributed by atoms with Gasteiger partial charge < -0.3 is 20.1 Å². The van der Waals surface area contributed by atoms with Crippen LogP contribution in [0.4, 0.5) is 0 Å². The van der Waals surface area contributed by atoms with Gasteiger partial charge in [-0.2, -0.15) is 0 Å². The summed E-state index contributed by atoms with van der Waals surface area (Å²) in [5.74, 6) is 0.722. The van der Waals surface area contributed by atoms with Gasteiger partial charge in [0.1, 0.15) is 0 Å². The second-order valence-electron chi connectivity index (χ2n) is 4.02. The number of rotatable bonds is 8. The minimum absolute atomic E-state index is 0. The highest BCUT2D eigenvalue weighted by atomic mass is 35.5. The van der Waals surface area contributed by atoms with E-state index in [9.17, 15) is 0 Å². The third-order valence-corrected chi connectivity index (χ3v) is 2.74. The summed E-state index contributed by atoms with van der Waals surface area (Å²) in [5.41, 5.74) is 5.34. The van der Waals surface area contributed by atoms with E-state index in [1.54, 1.807) is 0 Å². The molecule has 0 aromatic carbocycles. The van der Waals surface area contributed by atoms with E-state index in [-0.39, 0.29) is 12.4 Å². The van der Waals surface area contributed by atoms with Crippen LogP contribution in [-0.4, -0.2) is 57.5 Å². The Morgan fingerprint density at radius 3 is 2.81 bits per heavy atom. The standard InChI is InChI=1S/C11H24N2O2.ClH/c1-2-14-10-11-3-5-13(9-11)6-8-15-7-4-12;/h11H,2-10,12H2,1H3;1H. The van der Waals surface area contributed by atoms with Crippen LogP contribution < -0.4 is 5.73 Å².